The van der Waals surface area contributed by atoms with Crippen molar-refractivity contribution >= 4 is 17.6 Å². The Labute approximate surface area is 141 Å². The lowest BCUT2D eigenvalue weighted by Gasteiger charge is -2.11. The molecule has 2 N–H and O–H groups in total. The second kappa shape index (κ2) is 8.44. The molecule has 0 aromatic heterocycles. The van der Waals surface area contributed by atoms with E-state index in [2.05, 4.69) is 10.6 Å². The van der Waals surface area contributed by atoms with Crippen LogP contribution < -0.4 is 15.4 Å². The van der Waals surface area contributed by atoms with Crippen molar-refractivity contribution in [1.82, 2.24) is 10.6 Å². The standard InChI is InChI=1S/C18H21ClN2O2/c1-13(2)23-16-9-7-14(8-10-16)11-20-18(22)21-12-15-5-3-4-6-17(15)19/h3-10,13H,11-12H2,1-2H3,(H2,20,21,22). The Hall–Kier alpha value is -2.20. The van der Waals surface area contributed by atoms with Gasteiger partial charge in [0, 0.05) is 18.1 Å². The fraction of sp³-hybridized carbons (Fsp3) is 0.278. The lowest BCUT2D eigenvalue weighted by Crippen LogP contribution is -2.34. The molecular formula is C18H21ClN2O2. The number of urea groups is 1. The molecule has 0 fully saturated rings. The average Bonchev–Trinajstić information content (AvgIpc) is 2.53. The molecule has 2 aromatic rings. The number of carbonyl (C=O) groups excluding carboxylic acids is 1. The van der Waals surface area contributed by atoms with Gasteiger partial charge < -0.3 is 15.4 Å². The Bertz CT molecular complexity index is 642. The van der Waals surface area contributed by atoms with Gasteiger partial charge in [0.05, 0.1) is 6.10 Å². The average molecular weight is 333 g/mol. The minimum absolute atomic E-state index is 0.148. The van der Waals surface area contributed by atoms with E-state index in [1.54, 1.807) is 6.07 Å². The van der Waals surface area contributed by atoms with Crippen molar-refractivity contribution in [3.8, 4) is 5.75 Å². The van der Waals surface area contributed by atoms with Crippen molar-refractivity contribution in [2.24, 2.45) is 0 Å². The van der Waals surface area contributed by atoms with E-state index in [4.69, 9.17) is 16.3 Å². The summed E-state index contributed by atoms with van der Waals surface area (Å²) < 4.78 is 5.58. The molecule has 4 nitrogen and oxygen atoms in total. The van der Waals surface area contributed by atoms with Crippen LogP contribution in [0.2, 0.25) is 5.02 Å². The number of carbonyl (C=O) groups is 1. The van der Waals surface area contributed by atoms with E-state index < -0.39 is 0 Å². The van der Waals surface area contributed by atoms with Gasteiger partial charge in [-0.25, -0.2) is 4.79 Å². The van der Waals surface area contributed by atoms with Gasteiger partial charge in [-0.05, 0) is 43.2 Å². The van der Waals surface area contributed by atoms with E-state index in [9.17, 15) is 4.79 Å². The normalized spacial score (nSPS) is 10.4. The third-order valence-corrected chi connectivity index (χ3v) is 3.51. The minimum Gasteiger partial charge on any atom is -0.491 e. The number of ether oxygens (including phenoxy) is 1. The summed E-state index contributed by atoms with van der Waals surface area (Å²) in [7, 11) is 0. The molecule has 122 valence electrons. The molecule has 0 spiro atoms. The predicted molar refractivity (Wildman–Crippen MR) is 92.7 cm³/mol. The van der Waals surface area contributed by atoms with Crippen molar-refractivity contribution in [2.75, 3.05) is 0 Å². The molecule has 5 heteroatoms. The first-order valence-corrected chi connectivity index (χ1v) is 7.93. The molecule has 0 unspecified atom stereocenters. The van der Waals surface area contributed by atoms with Crippen LogP contribution in [0, 0.1) is 0 Å². The number of benzene rings is 2. The summed E-state index contributed by atoms with van der Waals surface area (Å²) in [5.41, 5.74) is 1.90. The van der Waals surface area contributed by atoms with E-state index in [0.717, 1.165) is 16.9 Å². The van der Waals surface area contributed by atoms with Crippen molar-refractivity contribution in [2.45, 2.75) is 33.0 Å². The van der Waals surface area contributed by atoms with Crippen molar-refractivity contribution in [3.63, 3.8) is 0 Å². The number of nitrogens with one attached hydrogen (secondary N) is 2. The topological polar surface area (TPSA) is 50.4 Å². The number of rotatable bonds is 6. The van der Waals surface area contributed by atoms with Gasteiger partial charge in [0.2, 0.25) is 0 Å². The lowest BCUT2D eigenvalue weighted by molar-refractivity contribution is 0.240. The molecule has 0 aliphatic carbocycles. The summed E-state index contributed by atoms with van der Waals surface area (Å²) >= 11 is 6.05. The maximum Gasteiger partial charge on any atom is 0.315 e. The SMILES string of the molecule is CC(C)Oc1ccc(CNC(=O)NCc2ccccc2Cl)cc1. The molecule has 2 amide bonds. The molecule has 0 aliphatic rings. The molecule has 0 heterocycles. The van der Waals surface area contributed by atoms with Gasteiger partial charge >= 0.3 is 6.03 Å². The van der Waals surface area contributed by atoms with Crippen LogP contribution in [-0.4, -0.2) is 12.1 Å². The van der Waals surface area contributed by atoms with E-state index >= 15 is 0 Å². The zero-order valence-corrected chi connectivity index (χ0v) is 14.1. The van der Waals surface area contributed by atoms with Gasteiger partial charge in [-0.2, -0.15) is 0 Å². The first-order chi connectivity index (χ1) is 11.0. The summed E-state index contributed by atoms with van der Waals surface area (Å²) in [5, 5.41) is 6.25. The zero-order chi connectivity index (χ0) is 16.7. The van der Waals surface area contributed by atoms with Crippen LogP contribution in [0.5, 0.6) is 5.75 Å². The fourth-order valence-corrected chi connectivity index (χ4v) is 2.22. The molecule has 0 bridgehead atoms. The Balaban J connectivity index is 1.77. The van der Waals surface area contributed by atoms with Crippen molar-refractivity contribution in [3.05, 3.63) is 64.7 Å². The minimum atomic E-state index is -0.229. The third-order valence-electron chi connectivity index (χ3n) is 3.15. The summed E-state index contributed by atoms with van der Waals surface area (Å²) in [6.45, 7) is 4.82. The monoisotopic (exact) mass is 332 g/mol. The summed E-state index contributed by atoms with van der Waals surface area (Å²) in [6.07, 6.45) is 0.148. The zero-order valence-electron chi connectivity index (χ0n) is 13.3. The van der Waals surface area contributed by atoms with Gasteiger partial charge in [-0.3, -0.25) is 0 Å². The first kappa shape index (κ1) is 17.2. The molecule has 2 aromatic carbocycles. The van der Waals surface area contributed by atoms with E-state index in [0.29, 0.717) is 18.1 Å². The quantitative estimate of drug-likeness (QED) is 0.835. The Kier molecular flexibility index (Phi) is 6.29. The Morgan fingerprint density at radius 1 is 1.04 bits per heavy atom. The van der Waals surface area contributed by atoms with Crippen LogP contribution in [0.1, 0.15) is 25.0 Å². The van der Waals surface area contributed by atoms with Gasteiger partial charge in [-0.1, -0.05) is 41.9 Å². The fourth-order valence-electron chi connectivity index (χ4n) is 2.02. The number of hydrogen-bond acceptors (Lipinski definition) is 2. The highest BCUT2D eigenvalue weighted by Crippen LogP contribution is 2.15. The van der Waals surface area contributed by atoms with E-state index in [1.165, 1.54) is 0 Å². The van der Waals surface area contributed by atoms with Gasteiger partial charge in [-0.15, -0.1) is 0 Å². The second-order valence-corrected chi connectivity index (χ2v) is 5.85. The van der Waals surface area contributed by atoms with Gasteiger partial charge in [0.25, 0.3) is 0 Å². The Morgan fingerprint density at radius 3 is 2.35 bits per heavy atom. The number of amides is 2. The van der Waals surface area contributed by atoms with E-state index in [-0.39, 0.29) is 12.1 Å². The first-order valence-electron chi connectivity index (χ1n) is 7.55. The second-order valence-electron chi connectivity index (χ2n) is 5.44. The molecule has 0 radical (unpaired) electrons. The highest BCUT2D eigenvalue weighted by molar-refractivity contribution is 6.31. The van der Waals surface area contributed by atoms with Crippen molar-refractivity contribution in [1.29, 1.82) is 0 Å². The molecule has 0 saturated carbocycles. The van der Waals surface area contributed by atoms with Gasteiger partial charge in [0.15, 0.2) is 0 Å². The smallest absolute Gasteiger partial charge is 0.315 e. The summed E-state index contributed by atoms with van der Waals surface area (Å²) in [4.78, 5) is 11.8. The molecule has 2 rings (SSSR count). The highest BCUT2D eigenvalue weighted by atomic mass is 35.5. The maximum atomic E-state index is 11.8. The summed E-state index contributed by atoms with van der Waals surface area (Å²) in [6, 6.07) is 14.9. The van der Waals surface area contributed by atoms with Crippen molar-refractivity contribution < 1.29 is 9.53 Å². The van der Waals surface area contributed by atoms with Crippen LogP contribution in [-0.2, 0) is 13.1 Å². The third kappa shape index (κ3) is 5.83. The van der Waals surface area contributed by atoms with E-state index in [1.807, 2.05) is 56.3 Å². The molecule has 0 atom stereocenters. The molecular weight excluding hydrogens is 312 g/mol. The molecule has 0 saturated heterocycles. The van der Waals surface area contributed by atoms with Crippen LogP contribution in [0.25, 0.3) is 0 Å². The molecule has 0 aliphatic heterocycles. The maximum absolute atomic E-state index is 11.8. The van der Waals surface area contributed by atoms with Gasteiger partial charge in [0.1, 0.15) is 5.75 Å². The highest BCUT2D eigenvalue weighted by Gasteiger charge is 2.04. The largest absolute Gasteiger partial charge is 0.491 e. The number of hydrogen-bond donors (Lipinski definition) is 2. The van der Waals surface area contributed by atoms with Crippen LogP contribution in [0.4, 0.5) is 4.79 Å². The van der Waals surface area contributed by atoms with Crippen LogP contribution >= 0.6 is 11.6 Å². The van der Waals surface area contributed by atoms with Crippen LogP contribution in [0.15, 0.2) is 48.5 Å². The Morgan fingerprint density at radius 2 is 1.70 bits per heavy atom. The molecule has 23 heavy (non-hydrogen) atoms. The number of halogens is 1. The van der Waals surface area contributed by atoms with Crippen LogP contribution in [0.3, 0.4) is 0 Å². The lowest BCUT2D eigenvalue weighted by atomic mass is 10.2. The predicted octanol–water partition coefficient (Wildman–Crippen LogP) is 4.13. The summed E-state index contributed by atoms with van der Waals surface area (Å²) in [5.74, 6) is 0.826.